The Kier molecular flexibility index (Phi) is 5.57. The SMILES string of the molecule is CCC(C)NC(C)C(O)(CC)CC. The molecule has 0 aliphatic carbocycles. The zero-order valence-electron chi connectivity index (χ0n) is 9.72. The highest BCUT2D eigenvalue weighted by Crippen LogP contribution is 2.19. The van der Waals surface area contributed by atoms with Gasteiger partial charge in [0.2, 0.25) is 0 Å². The Bertz CT molecular complexity index is 132. The summed E-state index contributed by atoms with van der Waals surface area (Å²) in [4.78, 5) is 0. The first-order valence-electron chi connectivity index (χ1n) is 5.48. The summed E-state index contributed by atoms with van der Waals surface area (Å²) in [6.07, 6.45) is 2.73. The zero-order chi connectivity index (χ0) is 10.5. The molecule has 0 bridgehead atoms. The van der Waals surface area contributed by atoms with Crippen LogP contribution in [0.2, 0.25) is 0 Å². The minimum Gasteiger partial charge on any atom is -0.388 e. The number of nitrogens with one attached hydrogen (secondary N) is 1. The molecule has 0 aliphatic heterocycles. The molecule has 80 valence electrons. The molecule has 0 amide bonds. The quantitative estimate of drug-likeness (QED) is 0.669. The van der Waals surface area contributed by atoms with Crippen LogP contribution in [0, 0.1) is 0 Å². The van der Waals surface area contributed by atoms with Crippen LogP contribution in [-0.4, -0.2) is 22.8 Å². The second-order valence-electron chi connectivity index (χ2n) is 4.01. The molecule has 0 radical (unpaired) electrons. The van der Waals surface area contributed by atoms with Crippen molar-refractivity contribution in [2.75, 3.05) is 0 Å². The number of hydrogen-bond donors (Lipinski definition) is 2. The Hall–Kier alpha value is -0.0800. The number of rotatable bonds is 6. The maximum atomic E-state index is 10.2. The predicted octanol–water partition coefficient (Wildman–Crippen LogP) is 2.31. The third kappa shape index (κ3) is 3.65. The van der Waals surface area contributed by atoms with Gasteiger partial charge in [0.05, 0.1) is 5.60 Å². The van der Waals surface area contributed by atoms with Crippen molar-refractivity contribution in [2.45, 2.75) is 71.6 Å². The first-order chi connectivity index (χ1) is 6.00. The number of hydrogen-bond acceptors (Lipinski definition) is 2. The van der Waals surface area contributed by atoms with Crippen LogP contribution in [0.15, 0.2) is 0 Å². The predicted molar refractivity (Wildman–Crippen MR) is 57.9 cm³/mol. The molecule has 0 rings (SSSR count). The van der Waals surface area contributed by atoms with E-state index in [9.17, 15) is 5.11 Å². The standard InChI is InChI=1S/C11H25NO/c1-6-9(4)12-10(5)11(13,7-2)8-3/h9-10,12-13H,6-8H2,1-5H3. The normalized spacial score (nSPS) is 17.1. The highest BCUT2D eigenvalue weighted by molar-refractivity contribution is 4.87. The highest BCUT2D eigenvalue weighted by Gasteiger charge is 2.29. The lowest BCUT2D eigenvalue weighted by atomic mass is 9.89. The summed E-state index contributed by atoms with van der Waals surface area (Å²) < 4.78 is 0. The Morgan fingerprint density at radius 1 is 1.15 bits per heavy atom. The molecule has 0 heterocycles. The van der Waals surface area contributed by atoms with Gasteiger partial charge < -0.3 is 10.4 Å². The molecule has 0 aromatic rings. The summed E-state index contributed by atoms with van der Waals surface area (Å²) in [6.45, 7) is 10.5. The van der Waals surface area contributed by atoms with Gasteiger partial charge in [0.1, 0.15) is 0 Å². The first kappa shape index (κ1) is 12.9. The monoisotopic (exact) mass is 187 g/mol. The second kappa shape index (κ2) is 5.61. The van der Waals surface area contributed by atoms with Gasteiger partial charge >= 0.3 is 0 Å². The fourth-order valence-electron chi connectivity index (χ4n) is 1.56. The lowest BCUT2D eigenvalue weighted by Gasteiger charge is -2.34. The molecule has 0 aliphatic rings. The highest BCUT2D eigenvalue weighted by atomic mass is 16.3. The van der Waals surface area contributed by atoms with Gasteiger partial charge in [-0.25, -0.2) is 0 Å². The first-order valence-corrected chi connectivity index (χ1v) is 5.48. The topological polar surface area (TPSA) is 32.3 Å². The van der Waals surface area contributed by atoms with Crippen molar-refractivity contribution >= 4 is 0 Å². The largest absolute Gasteiger partial charge is 0.388 e. The van der Waals surface area contributed by atoms with Crippen LogP contribution in [0.4, 0.5) is 0 Å². The molecule has 2 N–H and O–H groups in total. The maximum absolute atomic E-state index is 10.2. The van der Waals surface area contributed by atoms with Gasteiger partial charge in [-0.3, -0.25) is 0 Å². The molecule has 0 aromatic heterocycles. The maximum Gasteiger partial charge on any atom is 0.0792 e. The van der Waals surface area contributed by atoms with Gasteiger partial charge in [0.15, 0.2) is 0 Å². The minimum absolute atomic E-state index is 0.178. The van der Waals surface area contributed by atoms with E-state index in [1.807, 2.05) is 13.8 Å². The Labute approximate surface area is 82.7 Å². The van der Waals surface area contributed by atoms with E-state index in [2.05, 4.69) is 26.1 Å². The van der Waals surface area contributed by atoms with Crippen LogP contribution < -0.4 is 5.32 Å². The zero-order valence-corrected chi connectivity index (χ0v) is 9.72. The van der Waals surface area contributed by atoms with Crippen molar-refractivity contribution in [3.63, 3.8) is 0 Å². The van der Waals surface area contributed by atoms with Crippen molar-refractivity contribution in [1.82, 2.24) is 5.32 Å². The van der Waals surface area contributed by atoms with Gasteiger partial charge in [-0.2, -0.15) is 0 Å². The van der Waals surface area contributed by atoms with Gasteiger partial charge in [-0.1, -0.05) is 20.8 Å². The summed E-state index contributed by atoms with van der Waals surface area (Å²) in [5.74, 6) is 0. The van der Waals surface area contributed by atoms with Crippen molar-refractivity contribution in [3.05, 3.63) is 0 Å². The molecule has 0 aromatic carbocycles. The summed E-state index contributed by atoms with van der Waals surface area (Å²) in [7, 11) is 0. The van der Waals surface area contributed by atoms with E-state index in [0.717, 1.165) is 19.3 Å². The van der Waals surface area contributed by atoms with Crippen molar-refractivity contribution < 1.29 is 5.11 Å². The molecule has 0 saturated heterocycles. The molecule has 0 fully saturated rings. The van der Waals surface area contributed by atoms with Crippen LogP contribution in [0.1, 0.15) is 53.9 Å². The third-order valence-corrected chi connectivity index (χ3v) is 3.18. The Morgan fingerprint density at radius 2 is 1.62 bits per heavy atom. The lowest BCUT2D eigenvalue weighted by molar-refractivity contribution is -0.00320. The van der Waals surface area contributed by atoms with Crippen LogP contribution in [0.25, 0.3) is 0 Å². The molecular weight excluding hydrogens is 162 g/mol. The van der Waals surface area contributed by atoms with E-state index >= 15 is 0 Å². The molecule has 0 saturated carbocycles. The summed E-state index contributed by atoms with van der Waals surface area (Å²) in [6, 6.07) is 0.664. The van der Waals surface area contributed by atoms with Gasteiger partial charge in [0, 0.05) is 12.1 Å². The third-order valence-electron chi connectivity index (χ3n) is 3.18. The fourth-order valence-corrected chi connectivity index (χ4v) is 1.56. The van der Waals surface area contributed by atoms with E-state index in [1.54, 1.807) is 0 Å². The minimum atomic E-state index is -0.538. The molecule has 2 unspecified atom stereocenters. The van der Waals surface area contributed by atoms with Gasteiger partial charge in [0.25, 0.3) is 0 Å². The molecule has 2 heteroatoms. The molecule has 2 atom stereocenters. The summed E-state index contributed by atoms with van der Waals surface area (Å²) in [5.41, 5.74) is -0.538. The van der Waals surface area contributed by atoms with E-state index in [0.29, 0.717) is 6.04 Å². The van der Waals surface area contributed by atoms with E-state index in [-0.39, 0.29) is 6.04 Å². The Morgan fingerprint density at radius 3 is 1.92 bits per heavy atom. The Balaban J connectivity index is 4.13. The van der Waals surface area contributed by atoms with Crippen molar-refractivity contribution in [3.8, 4) is 0 Å². The van der Waals surface area contributed by atoms with Crippen molar-refractivity contribution in [1.29, 1.82) is 0 Å². The average Bonchev–Trinajstić information content (AvgIpc) is 2.16. The molecule has 13 heavy (non-hydrogen) atoms. The van der Waals surface area contributed by atoms with Crippen LogP contribution in [0.5, 0.6) is 0 Å². The smallest absolute Gasteiger partial charge is 0.0792 e. The van der Waals surface area contributed by atoms with Gasteiger partial charge in [-0.05, 0) is 33.1 Å². The molecule has 2 nitrogen and oxygen atoms in total. The molecule has 0 spiro atoms. The van der Waals surface area contributed by atoms with E-state index < -0.39 is 5.60 Å². The molecular formula is C11H25NO. The lowest BCUT2D eigenvalue weighted by Crippen LogP contribution is -2.50. The van der Waals surface area contributed by atoms with Crippen molar-refractivity contribution in [2.24, 2.45) is 0 Å². The van der Waals surface area contributed by atoms with E-state index in [4.69, 9.17) is 0 Å². The van der Waals surface area contributed by atoms with Gasteiger partial charge in [-0.15, -0.1) is 0 Å². The van der Waals surface area contributed by atoms with Crippen LogP contribution in [-0.2, 0) is 0 Å². The van der Waals surface area contributed by atoms with Crippen LogP contribution in [0.3, 0.4) is 0 Å². The van der Waals surface area contributed by atoms with E-state index in [1.165, 1.54) is 0 Å². The second-order valence-corrected chi connectivity index (χ2v) is 4.01. The fraction of sp³-hybridized carbons (Fsp3) is 1.00. The summed E-state index contributed by atoms with van der Waals surface area (Å²) >= 11 is 0. The summed E-state index contributed by atoms with van der Waals surface area (Å²) in [5, 5.41) is 13.6. The average molecular weight is 187 g/mol. The number of aliphatic hydroxyl groups is 1. The van der Waals surface area contributed by atoms with Crippen LogP contribution >= 0.6 is 0 Å².